The van der Waals surface area contributed by atoms with Gasteiger partial charge in [-0.05, 0) is 37.8 Å². The van der Waals surface area contributed by atoms with E-state index in [4.69, 9.17) is 5.11 Å². The highest BCUT2D eigenvalue weighted by Crippen LogP contribution is 2.31. The Labute approximate surface area is 124 Å². The Hall–Kier alpha value is -1.78. The summed E-state index contributed by atoms with van der Waals surface area (Å²) in [6.07, 6.45) is 8.14. The van der Waals surface area contributed by atoms with Gasteiger partial charge in [-0.25, -0.2) is 0 Å². The van der Waals surface area contributed by atoms with E-state index in [1.165, 1.54) is 12.8 Å². The molecular weight excluding hydrogens is 268 g/mol. The number of aliphatic carboxylic acids is 1. The van der Waals surface area contributed by atoms with Gasteiger partial charge in [0.05, 0.1) is 5.92 Å². The van der Waals surface area contributed by atoms with Gasteiger partial charge in [0, 0.05) is 25.3 Å². The average molecular weight is 290 g/mol. The van der Waals surface area contributed by atoms with Crippen LogP contribution in [0.3, 0.4) is 0 Å². The maximum atomic E-state index is 12.7. The molecule has 5 nitrogen and oxygen atoms in total. The summed E-state index contributed by atoms with van der Waals surface area (Å²) >= 11 is 0. The molecule has 2 fully saturated rings. The van der Waals surface area contributed by atoms with Crippen molar-refractivity contribution in [1.29, 1.82) is 0 Å². The Balaban J connectivity index is 1.76. The van der Waals surface area contributed by atoms with Crippen molar-refractivity contribution in [2.75, 3.05) is 13.1 Å². The molecule has 3 rings (SSSR count). The molecule has 1 aliphatic heterocycles. The van der Waals surface area contributed by atoms with E-state index in [-0.39, 0.29) is 5.91 Å². The van der Waals surface area contributed by atoms with Gasteiger partial charge in [-0.15, -0.1) is 0 Å². The van der Waals surface area contributed by atoms with Crippen LogP contribution in [0.2, 0.25) is 0 Å². The fourth-order valence-electron chi connectivity index (χ4n) is 3.60. The first-order valence-corrected chi connectivity index (χ1v) is 7.85. The second-order valence-electron chi connectivity index (χ2n) is 6.17. The summed E-state index contributed by atoms with van der Waals surface area (Å²) in [4.78, 5) is 25.6. The number of piperidine rings is 1. The van der Waals surface area contributed by atoms with Crippen LogP contribution in [-0.4, -0.2) is 39.5 Å². The summed E-state index contributed by atoms with van der Waals surface area (Å²) in [5.41, 5.74) is 0.716. The lowest BCUT2D eigenvalue weighted by molar-refractivity contribution is -0.143. The summed E-state index contributed by atoms with van der Waals surface area (Å²) in [5.74, 6) is -1.23. The second-order valence-corrected chi connectivity index (χ2v) is 6.17. The number of carboxylic acid groups (broad SMARTS) is 1. The molecule has 1 aromatic rings. The predicted molar refractivity (Wildman–Crippen MR) is 78.2 cm³/mol. The monoisotopic (exact) mass is 290 g/mol. The van der Waals surface area contributed by atoms with Gasteiger partial charge in [0.25, 0.3) is 5.91 Å². The number of aromatic nitrogens is 1. The number of carbonyl (C=O) groups excluding carboxylic acids is 1. The summed E-state index contributed by atoms with van der Waals surface area (Å²) in [5, 5.41) is 9.15. The molecule has 0 radical (unpaired) electrons. The first kappa shape index (κ1) is 14.2. The number of hydrogen-bond donors (Lipinski definition) is 1. The molecule has 1 atom stereocenters. The van der Waals surface area contributed by atoms with Gasteiger partial charge in [0.1, 0.15) is 5.69 Å². The fourth-order valence-corrected chi connectivity index (χ4v) is 3.60. The van der Waals surface area contributed by atoms with Crippen LogP contribution in [0.25, 0.3) is 0 Å². The van der Waals surface area contributed by atoms with Crippen molar-refractivity contribution in [3.05, 3.63) is 24.0 Å². The van der Waals surface area contributed by atoms with Gasteiger partial charge in [0.2, 0.25) is 0 Å². The maximum Gasteiger partial charge on any atom is 0.308 e. The van der Waals surface area contributed by atoms with Crippen LogP contribution in [0, 0.1) is 5.92 Å². The van der Waals surface area contributed by atoms with Gasteiger partial charge in [-0.1, -0.05) is 12.8 Å². The van der Waals surface area contributed by atoms with E-state index >= 15 is 0 Å². The second kappa shape index (κ2) is 5.92. The Kier molecular flexibility index (Phi) is 3.99. The molecule has 1 saturated carbocycles. The molecule has 21 heavy (non-hydrogen) atoms. The first-order chi connectivity index (χ1) is 10.2. The molecule has 114 valence electrons. The van der Waals surface area contributed by atoms with Gasteiger partial charge >= 0.3 is 5.97 Å². The summed E-state index contributed by atoms with van der Waals surface area (Å²) in [6, 6.07) is 4.22. The highest BCUT2D eigenvalue weighted by Gasteiger charge is 2.30. The minimum absolute atomic E-state index is 0.0159. The van der Waals surface area contributed by atoms with Crippen LogP contribution >= 0.6 is 0 Å². The van der Waals surface area contributed by atoms with Crippen molar-refractivity contribution in [3.8, 4) is 0 Å². The van der Waals surface area contributed by atoms with E-state index in [1.807, 2.05) is 18.3 Å². The number of carbonyl (C=O) groups is 2. The SMILES string of the molecule is O=C(O)[C@@H]1CCCN(C(=O)c2cccn2C2CCCC2)C1. The molecule has 0 aromatic carbocycles. The Bertz CT molecular complexity index is 531. The normalized spacial score (nSPS) is 23.4. The molecule has 1 aliphatic carbocycles. The third kappa shape index (κ3) is 2.82. The molecule has 0 spiro atoms. The van der Waals surface area contributed by atoms with Crippen LogP contribution in [0.4, 0.5) is 0 Å². The van der Waals surface area contributed by atoms with Crippen molar-refractivity contribution in [2.24, 2.45) is 5.92 Å². The lowest BCUT2D eigenvalue weighted by Crippen LogP contribution is -2.43. The molecule has 1 saturated heterocycles. The highest BCUT2D eigenvalue weighted by molar-refractivity contribution is 5.93. The average Bonchev–Trinajstić information content (AvgIpc) is 3.17. The van der Waals surface area contributed by atoms with Crippen molar-refractivity contribution in [3.63, 3.8) is 0 Å². The molecule has 1 N–H and O–H groups in total. The van der Waals surface area contributed by atoms with Gasteiger partial charge in [-0.2, -0.15) is 0 Å². The lowest BCUT2D eigenvalue weighted by Gasteiger charge is -2.31. The van der Waals surface area contributed by atoms with Crippen LogP contribution < -0.4 is 0 Å². The Morgan fingerprint density at radius 3 is 2.62 bits per heavy atom. The Morgan fingerprint density at radius 2 is 1.90 bits per heavy atom. The minimum atomic E-state index is -0.793. The van der Waals surface area contributed by atoms with E-state index in [9.17, 15) is 9.59 Å². The standard InChI is InChI=1S/C16H22N2O3/c19-15(17-9-3-5-12(11-17)16(20)21)14-8-4-10-18(14)13-6-1-2-7-13/h4,8,10,12-13H,1-3,5-7,9,11H2,(H,20,21)/t12-/m1/s1. The number of likely N-dealkylation sites (tertiary alicyclic amines) is 1. The third-order valence-electron chi connectivity index (χ3n) is 4.77. The molecule has 2 heterocycles. The summed E-state index contributed by atoms with van der Waals surface area (Å²) in [7, 11) is 0. The first-order valence-electron chi connectivity index (χ1n) is 7.85. The topological polar surface area (TPSA) is 62.5 Å². The molecule has 0 bridgehead atoms. The zero-order valence-electron chi connectivity index (χ0n) is 12.2. The van der Waals surface area contributed by atoms with E-state index in [2.05, 4.69) is 4.57 Å². The zero-order valence-corrected chi connectivity index (χ0v) is 12.2. The van der Waals surface area contributed by atoms with Crippen LogP contribution in [-0.2, 0) is 4.79 Å². The van der Waals surface area contributed by atoms with Crippen molar-refractivity contribution in [2.45, 2.75) is 44.6 Å². The molecule has 1 amide bonds. The molecule has 1 aromatic heterocycles. The number of carboxylic acids is 1. The zero-order chi connectivity index (χ0) is 14.8. The largest absolute Gasteiger partial charge is 0.481 e. The van der Waals surface area contributed by atoms with E-state index < -0.39 is 11.9 Å². The highest BCUT2D eigenvalue weighted by atomic mass is 16.4. The molecule has 2 aliphatic rings. The number of hydrogen-bond acceptors (Lipinski definition) is 2. The van der Waals surface area contributed by atoms with Gasteiger partial charge in [0.15, 0.2) is 0 Å². The van der Waals surface area contributed by atoms with Crippen molar-refractivity contribution >= 4 is 11.9 Å². The number of nitrogens with zero attached hydrogens (tertiary/aromatic N) is 2. The molecule has 5 heteroatoms. The quantitative estimate of drug-likeness (QED) is 0.930. The Morgan fingerprint density at radius 1 is 1.14 bits per heavy atom. The number of rotatable bonds is 3. The van der Waals surface area contributed by atoms with Gasteiger partial charge < -0.3 is 14.6 Å². The third-order valence-corrected chi connectivity index (χ3v) is 4.77. The molecule has 0 unspecified atom stereocenters. The van der Waals surface area contributed by atoms with Crippen LogP contribution in [0.1, 0.15) is 55.1 Å². The van der Waals surface area contributed by atoms with E-state index in [1.54, 1.807) is 4.90 Å². The van der Waals surface area contributed by atoms with E-state index in [0.717, 1.165) is 19.3 Å². The minimum Gasteiger partial charge on any atom is -0.481 e. The molecular formula is C16H22N2O3. The maximum absolute atomic E-state index is 12.7. The number of amides is 1. The predicted octanol–water partition coefficient (Wildman–Crippen LogP) is 2.54. The smallest absolute Gasteiger partial charge is 0.308 e. The van der Waals surface area contributed by atoms with E-state index in [0.29, 0.717) is 31.2 Å². The van der Waals surface area contributed by atoms with Crippen LogP contribution in [0.5, 0.6) is 0 Å². The lowest BCUT2D eigenvalue weighted by atomic mass is 9.98. The fraction of sp³-hybridized carbons (Fsp3) is 0.625. The van der Waals surface area contributed by atoms with Crippen molar-refractivity contribution in [1.82, 2.24) is 9.47 Å². The summed E-state index contributed by atoms with van der Waals surface area (Å²) < 4.78 is 2.10. The van der Waals surface area contributed by atoms with Gasteiger partial charge in [-0.3, -0.25) is 9.59 Å². The van der Waals surface area contributed by atoms with Crippen LogP contribution in [0.15, 0.2) is 18.3 Å². The summed E-state index contributed by atoms with van der Waals surface area (Å²) in [6.45, 7) is 1.00. The van der Waals surface area contributed by atoms with Crippen molar-refractivity contribution < 1.29 is 14.7 Å².